The van der Waals surface area contributed by atoms with E-state index >= 15 is 0 Å². The first-order valence-electron chi connectivity index (χ1n) is 8.68. The molecule has 1 aromatic rings. The van der Waals surface area contributed by atoms with Crippen molar-refractivity contribution in [2.75, 3.05) is 21.3 Å². The second-order valence-corrected chi connectivity index (χ2v) is 6.73. The molecule has 1 aromatic carbocycles. The third kappa shape index (κ3) is 3.68. The lowest BCUT2D eigenvalue weighted by Crippen LogP contribution is -2.56. The van der Waals surface area contributed by atoms with Crippen LogP contribution in [0, 0.1) is 11.8 Å². The Morgan fingerprint density at radius 2 is 1.72 bits per heavy atom. The minimum absolute atomic E-state index is 0.0849. The maximum absolute atomic E-state index is 10.9. The van der Waals surface area contributed by atoms with Crippen molar-refractivity contribution in [1.82, 2.24) is 0 Å². The minimum Gasteiger partial charge on any atom is -0.495 e. The highest BCUT2D eigenvalue weighted by atomic mass is 16.7. The quantitative estimate of drug-likeness (QED) is 0.766. The zero-order valence-corrected chi connectivity index (χ0v) is 16.0. The number of aliphatic hydroxyl groups excluding tert-OH is 1. The highest BCUT2D eigenvalue weighted by Gasteiger charge is 2.55. The first-order valence-corrected chi connectivity index (χ1v) is 8.68. The van der Waals surface area contributed by atoms with Crippen LogP contribution in [0.4, 0.5) is 0 Å². The lowest BCUT2D eigenvalue weighted by molar-refractivity contribution is -0.282. The van der Waals surface area contributed by atoms with Gasteiger partial charge in [-0.25, -0.2) is 0 Å². The molecule has 2 rings (SSSR count). The van der Waals surface area contributed by atoms with Crippen LogP contribution in [0.25, 0.3) is 0 Å². The van der Waals surface area contributed by atoms with Crippen LogP contribution in [0.2, 0.25) is 0 Å². The number of ether oxygens (including phenoxy) is 4. The van der Waals surface area contributed by atoms with E-state index < -0.39 is 11.9 Å². The third-order valence-corrected chi connectivity index (χ3v) is 4.91. The second-order valence-electron chi connectivity index (χ2n) is 6.73. The average Bonchev–Trinajstić information content (AvgIpc) is 2.61. The summed E-state index contributed by atoms with van der Waals surface area (Å²) >= 11 is 0. The molecule has 5 nitrogen and oxygen atoms in total. The molecule has 4 atom stereocenters. The fourth-order valence-corrected chi connectivity index (χ4v) is 3.73. The fourth-order valence-electron chi connectivity index (χ4n) is 3.73. The molecule has 4 unspecified atom stereocenters. The molecule has 0 aliphatic heterocycles. The Kier molecular flexibility index (Phi) is 6.49. The van der Waals surface area contributed by atoms with Crippen molar-refractivity contribution in [3.8, 4) is 0 Å². The van der Waals surface area contributed by atoms with E-state index in [2.05, 4.69) is 12.1 Å². The van der Waals surface area contributed by atoms with Gasteiger partial charge in [-0.2, -0.15) is 0 Å². The molecule has 1 aliphatic rings. The number of methoxy groups -OCH3 is 3. The van der Waals surface area contributed by atoms with Crippen LogP contribution >= 0.6 is 0 Å². The van der Waals surface area contributed by atoms with E-state index in [0.717, 1.165) is 5.56 Å². The molecule has 0 saturated carbocycles. The molecule has 5 heteroatoms. The van der Waals surface area contributed by atoms with Gasteiger partial charge in [0.25, 0.3) is 0 Å². The molecule has 0 spiro atoms. The number of hydrogen-bond donors (Lipinski definition) is 1. The lowest BCUT2D eigenvalue weighted by Gasteiger charge is -2.48. The molecule has 0 fully saturated rings. The highest BCUT2D eigenvalue weighted by Crippen LogP contribution is 2.46. The zero-order chi connectivity index (χ0) is 18.6. The summed E-state index contributed by atoms with van der Waals surface area (Å²) in [5.74, 6) is -0.633. The van der Waals surface area contributed by atoms with Crippen LogP contribution < -0.4 is 0 Å². The van der Waals surface area contributed by atoms with Gasteiger partial charge in [-0.3, -0.25) is 0 Å². The molecular weight excluding hydrogens is 320 g/mol. The van der Waals surface area contributed by atoms with E-state index in [9.17, 15) is 5.11 Å². The van der Waals surface area contributed by atoms with Gasteiger partial charge >= 0.3 is 0 Å². The molecule has 1 N–H and O–H groups in total. The summed E-state index contributed by atoms with van der Waals surface area (Å²) in [5, 5.41) is 10.9. The van der Waals surface area contributed by atoms with Crippen molar-refractivity contribution in [3.63, 3.8) is 0 Å². The van der Waals surface area contributed by atoms with Crippen LogP contribution in [0.3, 0.4) is 0 Å². The van der Waals surface area contributed by atoms with Gasteiger partial charge in [0, 0.05) is 18.9 Å². The fraction of sp³-hybridized carbons (Fsp3) is 0.600. The summed E-state index contributed by atoms with van der Waals surface area (Å²) in [6, 6.07) is 10.1. The topological polar surface area (TPSA) is 57.2 Å². The average molecular weight is 350 g/mol. The largest absolute Gasteiger partial charge is 0.495 e. The van der Waals surface area contributed by atoms with Crippen molar-refractivity contribution in [1.29, 1.82) is 0 Å². The third-order valence-electron chi connectivity index (χ3n) is 4.91. The summed E-state index contributed by atoms with van der Waals surface area (Å²) in [5.41, 5.74) is 1.14. The Morgan fingerprint density at radius 3 is 2.20 bits per heavy atom. The van der Waals surface area contributed by atoms with Crippen LogP contribution in [-0.2, 0) is 25.4 Å². The molecule has 0 bridgehead atoms. The molecule has 0 amide bonds. The number of aliphatic hydroxyl groups is 1. The Hall–Kier alpha value is -1.56. The first kappa shape index (κ1) is 19.8. The van der Waals surface area contributed by atoms with Gasteiger partial charge in [0.2, 0.25) is 5.79 Å². The second kappa shape index (κ2) is 8.21. The molecule has 25 heavy (non-hydrogen) atoms. The lowest BCUT2D eigenvalue weighted by atomic mass is 9.73. The first-order chi connectivity index (χ1) is 11.9. The zero-order valence-electron chi connectivity index (χ0n) is 16.0. The van der Waals surface area contributed by atoms with Gasteiger partial charge < -0.3 is 24.1 Å². The predicted octanol–water partition coefficient (Wildman–Crippen LogP) is 3.13. The van der Waals surface area contributed by atoms with Gasteiger partial charge in [-0.1, -0.05) is 37.3 Å². The Bertz CT molecular complexity index is 583. The van der Waals surface area contributed by atoms with Crippen molar-refractivity contribution in [2.45, 2.75) is 45.2 Å². The Balaban J connectivity index is 2.51. The maximum atomic E-state index is 10.9. The predicted molar refractivity (Wildman–Crippen MR) is 95.8 cm³/mol. The molecule has 0 heterocycles. The van der Waals surface area contributed by atoms with Gasteiger partial charge in [-0.15, -0.1) is 0 Å². The van der Waals surface area contributed by atoms with Gasteiger partial charge in [0.05, 0.1) is 20.3 Å². The Morgan fingerprint density at radius 1 is 1.08 bits per heavy atom. The molecule has 0 aromatic heterocycles. The van der Waals surface area contributed by atoms with E-state index in [1.165, 1.54) is 7.11 Å². The summed E-state index contributed by atoms with van der Waals surface area (Å²) in [6.45, 7) is 5.92. The minimum atomic E-state index is -1.10. The molecule has 0 saturated heterocycles. The smallest absolute Gasteiger partial charge is 0.234 e. The molecule has 1 aliphatic carbocycles. The molecule has 0 radical (unpaired) electrons. The van der Waals surface area contributed by atoms with Crippen molar-refractivity contribution < 1.29 is 24.1 Å². The van der Waals surface area contributed by atoms with E-state index in [1.54, 1.807) is 14.2 Å². The van der Waals surface area contributed by atoms with E-state index in [0.29, 0.717) is 17.9 Å². The van der Waals surface area contributed by atoms with Crippen molar-refractivity contribution >= 4 is 0 Å². The molecular formula is C20H30O5. The highest BCUT2D eigenvalue weighted by molar-refractivity contribution is 5.26. The van der Waals surface area contributed by atoms with Crippen LogP contribution in [0.5, 0.6) is 0 Å². The monoisotopic (exact) mass is 350 g/mol. The van der Waals surface area contributed by atoms with E-state index in [-0.39, 0.29) is 17.9 Å². The molecule has 140 valence electrons. The van der Waals surface area contributed by atoms with Crippen molar-refractivity contribution in [3.05, 3.63) is 47.4 Å². The summed E-state index contributed by atoms with van der Waals surface area (Å²) in [4.78, 5) is 0. The summed E-state index contributed by atoms with van der Waals surface area (Å²) in [6.07, 6.45) is -0.202. The van der Waals surface area contributed by atoms with Gasteiger partial charge in [0.15, 0.2) is 11.5 Å². The van der Waals surface area contributed by atoms with E-state index in [1.807, 2.05) is 39.0 Å². The van der Waals surface area contributed by atoms with Crippen LogP contribution in [0.1, 0.15) is 26.3 Å². The Labute approximate surface area is 150 Å². The van der Waals surface area contributed by atoms with E-state index in [4.69, 9.17) is 18.9 Å². The summed E-state index contributed by atoms with van der Waals surface area (Å²) < 4.78 is 23.1. The number of benzene rings is 1. The van der Waals surface area contributed by atoms with Gasteiger partial charge in [-0.05, 0) is 25.8 Å². The standard InChI is InChI=1S/C20H30O5/c1-13(2)25-20(24-6)14(3)16(12-15-10-8-7-9-11-15)17(21)18(22-4)19(20)23-5/h7-11,13-14,16-17,21H,12H2,1-6H3. The van der Waals surface area contributed by atoms with Crippen molar-refractivity contribution in [2.24, 2.45) is 11.8 Å². The number of rotatable bonds is 7. The maximum Gasteiger partial charge on any atom is 0.234 e. The summed E-state index contributed by atoms with van der Waals surface area (Å²) in [7, 11) is 4.67. The number of hydrogen-bond acceptors (Lipinski definition) is 5. The van der Waals surface area contributed by atoms with Crippen LogP contribution in [0.15, 0.2) is 41.9 Å². The normalized spacial score (nSPS) is 29.8. The van der Waals surface area contributed by atoms with Crippen LogP contribution in [-0.4, -0.2) is 44.4 Å². The SMILES string of the molecule is COC1=C(OC)C(OC)(OC(C)C)C(C)C(Cc2ccccc2)C1O. The van der Waals surface area contributed by atoms with Gasteiger partial charge in [0.1, 0.15) is 6.10 Å².